The monoisotopic (exact) mass is 313 g/mol. The molecule has 100 valence electrons. The van der Waals surface area contributed by atoms with Gasteiger partial charge in [-0.3, -0.25) is 0 Å². The molecule has 2 unspecified atom stereocenters. The van der Waals surface area contributed by atoms with Crippen molar-refractivity contribution in [3.8, 4) is 11.5 Å². The van der Waals surface area contributed by atoms with Gasteiger partial charge in [-0.05, 0) is 59.8 Å². The summed E-state index contributed by atoms with van der Waals surface area (Å²) in [5.74, 6) is 2.30. The fraction of sp³-hybridized carbons (Fsp3) is 0.571. The van der Waals surface area contributed by atoms with Crippen LogP contribution < -0.4 is 14.8 Å². The molecular formula is C14H20BrNO2. The number of halogens is 1. The van der Waals surface area contributed by atoms with Crippen LogP contribution in [0, 0.1) is 0 Å². The van der Waals surface area contributed by atoms with Crippen LogP contribution in [0.4, 0.5) is 0 Å². The molecular weight excluding hydrogens is 294 g/mol. The van der Waals surface area contributed by atoms with Crippen molar-refractivity contribution in [2.75, 3.05) is 21.3 Å². The molecule has 0 bridgehead atoms. The molecule has 1 aromatic carbocycles. The molecule has 0 amide bonds. The highest BCUT2D eigenvalue weighted by Crippen LogP contribution is 2.44. The van der Waals surface area contributed by atoms with Crippen LogP contribution in [-0.2, 0) is 0 Å². The predicted octanol–water partition coefficient (Wildman–Crippen LogP) is 3.32. The van der Waals surface area contributed by atoms with E-state index >= 15 is 0 Å². The molecule has 1 aromatic rings. The molecule has 0 heterocycles. The number of nitrogens with one attached hydrogen (secondary N) is 1. The molecule has 0 aliphatic heterocycles. The van der Waals surface area contributed by atoms with Crippen LogP contribution in [0.1, 0.15) is 30.7 Å². The summed E-state index contributed by atoms with van der Waals surface area (Å²) in [6.45, 7) is 0. The average Bonchev–Trinajstić information content (AvgIpc) is 2.87. The highest BCUT2D eigenvalue weighted by Gasteiger charge is 2.28. The Kier molecular flexibility index (Phi) is 4.51. The normalized spacial score (nSPS) is 23.1. The minimum atomic E-state index is 0.569. The van der Waals surface area contributed by atoms with E-state index in [4.69, 9.17) is 9.47 Å². The van der Waals surface area contributed by atoms with E-state index in [9.17, 15) is 0 Å². The van der Waals surface area contributed by atoms with E-state index < -0.39 is 0 Å². The average molecular weight is 314 g/mol. The van der Waals surface area contributed by atoms with Crippen LogP contribution in [0.15, 0.2) is 16.6 Å². The maximum atomic E-state index is 5.55. The lowest BCUT2D eigenvalue weighted by Crippen LogP contribution is -2.21. The second-order valence-electron chi connectivity index (χ2n) is 4.70. The minimum Gasteiger partial charge on any atom is -0.495 e. The molecule has 0 aromatic heterocycles. The molecule has 1 aliphatic rings. The van der Waals surface area contributed by atoms with E-state index in [0.717, 1.165) is 16.0 Å². The van der Waals surface area contributed by atoms with Crippen molar-refractivity contribution >= 4 is 15.9 Å². The van der Waals surface area contributed by atoms with Crippen LogP contribution in [0.2, 0.25) is 0 Å². The fourth-order valence-electron chi connectivity index (χ4n) is 2.77. The topological polar surface area (TPSA) is 30.5 Å². The van der Waals surface area contributed by atoms with Crippen molar-refractivity contribution < 1.29 is 9.47 Å². The zero-order chi connectivity index (χ0) is 13.1. The van der Waals surface area contributed by atoms with Crippen molar-refractivity contribution in [3.05, 3.63) is 22.2 Å². The van der Waals surface area contributed by atoms with Gasteiger partial charge in [-0.25, -0.2) is 0 Å². The summed E-state index contributed by atoms with van der Waals surface area (Å²) in [7, 11) is 5.42. The van der Waals surface area contributed by atoms with E-state index in [-0.39, 0.29) is 0 Å². The highest BCUT2D eigenvalue weighted by atomic mass is 79.9. The lowest BCUT2D eigenvalue weighted by molar-refractivity contribution is 0.383. The van der Waals surface area contributed by atoms with Gasteiger partial charge in [0.05, 0.1) is 14.2 Å². The molecule has 2 atom stereocenters. The quantitative estimate of drug-likeness (QED) is 0.925. The molecule has 1 aliphatic carbocycles. The SMILES string of the molecule is CNC1CCC(c2ccc(OC)c(Br)c2OC)C1. The Morgan fingerprint density at radius 1 is 1.22 bits per heavy atom. The van der Waals surface area contributed by atoms with E-state index in [0.29, 0.717) is 12.0 Å². The van der Waals surface area contributed by atoms with Crippen molar-refractivity contribution in [1.82, 2.24) is 5.32 Å². The van der Waals surface area contributed by atoms with E-state index in [1.807, 2.05) is 13.1 Å². The van der Waals surface area contributed by atoms with Crippen LogP contribution in [0.3, 0.4) is 0 Å². The number of rotatable bonds is 4. The lowest BCUT2D eigenvalue weighted by Gasteiger charge is -2.18. The molecule has 18 heavy (non-hydrogen) atoms. The first kappa shape index (κ1) is 13.7. The standard InChI is InChI=1S/C14H20BrNO2/c1-16-10-5-4-9(8-10)11-6-7-12(17-2)13(15)14(11)18-3/h6-7,9-10,16H,4-5,8H2,1-3H3. The Balaban J connectivity index is 2.31. The zero-order valence-electron chi connectivity index (χ0n) is 11.1. The minimum absolute atomic E-state index is 0.569. The second-order valence-corrected chi connectivity index (χ2v) is 5.49. The maximum absolute atomic E-state index is 5.55. The Labute approximate surface area is 117 Å². The molecule has 1 saturated carbocycles. The van der Waals surface area contributed by atoms with Crippen molar-refractivity contribution in [3.63, 3.8) is 0 Å². The molecule has 0 radical (unpaired) electrons. The van der Waals surface area contributed by atoms with Gasteiger partial charge in [0.1, 0.15) is 16.0 Å². The Morgan fingerprint density at radius 2 is 2.00 bits per heavy atom. The Bertz CT molecular complexity index is 423. The highest BCUT2D eigenvalue weighted by molar-refractivity contribution is 9.10. The molecule has 1 fully saturated rings. The summed E-state index contributed by atoms with van der Waals surface area (Å²) in [4.78, 5) is 0. The van der Waals surface area contributed by atoms with Gasteiger partial charge >= 0.3 is 0 Å². The number of ether oxygens (including phenoxy) is 2. The predicted molar refractivity (Wildman–Crippen MR) is 76.7 cm³/mol. The van der Waals surface area contributed by atoms with E-state index in [1.165, 1.54) is 24.8 Å². The first-order valence-electron chi connectivity index (χ1n) is 6.28. The lowest BCUT2D eigenvalue weighted by atomic mass is 9.96. The molecule has 1 N–H and O–H groups in total. The summed E-state index contributed by atoms with van der Waals surface area (Å²) in [5, 5.41) is 3.36. The third kappa shape index (κ3) is 2.50. The zero-order valence-corrected chi connectivity index (χ0v) is 12.7. The number of methoxy groups -OCH3 is 2. The molecule has 3 nitrogen and oxygen atoms in total. The molecule has 4 heteroatoms. The smallest absolute Gasteiger partial charge is 0.140 e. The first-order valence-corrected chi connectivity index (χ1v) is 7.08. The summed E-state index contributed by atoms with van der Waals surface area (Å²) in [6, 6.07) is 4.76. The number of benzene rings is 1. The third-order valence-electron chi connectivity index (χ3n) is 3.80. The summed E-state index contributed by atoms with van der Waals surface area (Å²) >= 11 is 3.57. The second kappa shape index (κ2) is 5.93. The number of hydrogen-bond donors (Lipinski definition) is 1. The van der Waals surface area contributed by atoms with Gasteiger partial charge in [0.15, 0.2) is 0 Å². The van der Waals surface area contributed by atoms with Crippen LogP contribution in [-0.4, -0.2) is 27.3 Å². The van der Waals surface area contributed by atoms with Crippen molar-refractivity contribution in [2.45, 2.75) is 31.2 Å². The maximum Gasteiger partial charge on any atom is 0.140 e. The van der Waals surface area contributed by atoms with E-state index in [2.05, 4.69) is 27.3 Å². The van der Waals surface area contributed by atoms with Gasteiger partial charge in [0, 0.05) is 6.04 Å². The first-order chi connectivity index (χ1) is 8.71. The largest absolute Gasteiger partial charge is 0.495 e. The summed E-state index contributed by atoms with van der Waals surface area (Å²) < 4.78 is 11.8. The van der Waals surface area contributed by atoms with Gasteiger partial charge in [-0.15, -0.1) is 0 Å². The van der Waals surface area contributed by atoms with E-state index in [1.54, 1.807) is 14.2 Å². The molecule has 0 spiro atoms. The third-order valence-corrected chi connectivity index (χ3v) is 4.55. The van der Waals surface area contributed by atoms with Crippen LogP contribution in [0.25, 0.3) is 0 Å². The Morgan fingerprint density at radius 3 is 2.56 bits per heavy atom. The number of hydrogen-bond acceptors (Lipinski definition) is 3. The van der Waals surface area contributed by atoms with Gasteiger partial charge in [-0.2, -0.15) is 0 Å². The van der Waals surface area contributed by atoms with Crippen LogP contribution in [0.5, 0.6) is 11.5 Å². The Hall–Kier alpha value is -0.740. The van der Waals surface area contributed by atoms with Gasteiger partial charge in [0.25, 0.3) is 0 Å². The van der Waals surface area contributed by atoms with Crippen molar-refractivity contribution in [2.24, 2.45) is 0 Å². The fourth-order valence-corrected chi connectivity index (χ4v) is 3.45. The molecule has 0 saturated heterocycles. The summed E-state index contributed by atoms with van der Waals surface area (Å²) in [6.07, 6.45) is 3.61. The molecule has 2 rings (SSSR count). The summed E-state index contributed by atoms with van der Waals surface area (Å²) in [5.41, 5.74) is 1.28. The van der Waals surface area contributed by atoms with Crippen molar-refractivity contribution in [1.29, 1.82) is 0 Å². The van der Waals surface area contributed by atoms with Gasteiger partial charge in [-0.1, -0.05) is 6.07 Å². The van der Waals surface area contributed by atoms with Gasteiger partial charge < -0.3 is 14.8 Å². The van der Waals surface area contributed by atoms with Crippen LogP contribution >= 0.6 is 15.9 Å². The van der Waals surface area contributed by atoms with Gasteiger partial charge in [0.2, 0.25) is 0 Å².